The zero-order chi connectivity index (χ0) is 21.1. The second kappa shape index (κ2) is 8.48. The third-order valence-electron chi connectivity index (χ3n) is 4.03. The number of hydrogen-bond acceptors (Lipinski definition) is 4. The average molecular weight is 439 g/mol. The number of hydrogen-bond donors (Lipinski definition) is 1. The van der Waals surface area contributed by atoms with Crippen LogP contribution in [0, 0.1) is 0 Å². The Labute approximate surface area is 170 Å². The molecule has 0 unspecified atom stereocenters. The molecule has 3 rings (SSSR count). The molecular formula is C20H16F3NO3S2. The van der Waals surface area contributed by atoms with Crippen molar-refractivity contribution in [1.29, 1.82) is 0 Å². The summed E-state index contributed by atoms with van der Waals surface area (Å²) >= 11 is 1.19. The van der Waals surface area contributed by atoms with E-state index in [1.807, 2.05) is 6.07 Å². The van der Waals surface area contributed by atoms with Crippen LogP contribution < -0.4 is 4.72 Å². The lowest BCUT2D eigenvalue weighted by Crippen LogP contribution is -2.24. The van der Waals surface area contributed by atoms with Gasteiger partial charge >= 0.3 is 6.18 Å². The largest absolute Gasteiger partial charge is 0.416 e. The first-order valence-electron chi connectivity index (χ1n) is 8.46. The third kappa shape index (κ3) is 5.75. The summed E-state index contributed by atoms with van der Waals surface area (Å²) in [5.74, 6) is -0.582. The third-order valence-corrected chi connectivity index (χ3v) is 6.41. The lowest BCUT2D eigenvalue weighted by atomic mass is 10.1. The van der Waals surface area contributed by atoms with Gasteiger partial charge < -0.3 is 0 Å². The second-order valence-corrected chi connectivity index (χ2v) is 9.21. The molecule has 29 heavy (non-hydrogen) atoms. The van der Waals surface area contributed by atoms with Crippen LogP contribution in [0.5, 0.6) is 0 Å². The number of thiophene rings is 1. The minimum atomic E-state index is -4.47. The van der Waals surface area contributed by atoms with Crippen LogP contribution in [0.3, 0.4) is 0 Å². The van der Waals surface area contributed by atoms with Crippen LogP contribution in [-0.2, 0) is 28.5 Å². The van der Waals surface area contributed by atoms with E-state index < -0.39 is 27.5 Å². The zero-order valence-electron chi connectivity index (χ0n) is 14.9. The molecule has 0 radical (unpaired) electrons. The van der Waals surface area contributed by atoms with Gasteiger partial charge in [0.1, 0.15) is 0 Å². The highest BCUT2D eigenvalue weighted by molar-refractivity contribution is 7.88. The molecule has 0 aliphatic rings. The van der Waals surface area contributed by atoms with Crippen molar-refractivity contribution in [2.75, 3.05) is 0 Å². The van der Waals surface area contributed by atoms with Crippen molar-refractivity contribution >= 4 is 27.1 Å². The van der Waals surface area contributed by atoms with Crippen molar-refractivity contribution in [1.82, 2.24) is 4.72 Å². The smallest absolute Gasteiger partial charge is 0.288 e. The lowest BCUT2D eigenvalue weighted by Gasteiger charge is -2.09. The SMILES string of the molecule is O=C(c1ccccc1)c1ccc(CNS(=O)(=O)Cc2ccc(C(F)(F)F)cc2)s1. The van der Waals surface area contributed by atoms with Crippen LogP contribution in [-0.4, -0.2) is 14.2 Å². The maximum atomic E-state index is 12.6. The molecule has 1 N–H and O–H groups in total. The standard InChI is InChI=1S/C20H16F3NO3S2/c21-20(22,23)16-8-6-14(7-9-16)13-29(26,27)24-12-17-10-11-18(28-17)19(25)15-4-2-1-3-5-15/h1-11,24H,12-13H2. The number of ketones is 1. The Morgan fingerprint density at radius 2 is 1.59 bits per heavy atom. The summed E-state index contributed by atoms with van der Waals surface area (Å²) in [6.07, 6.45) is -4.47. The van der Waals surface area contributed by atoms with Crippen LogP contribution in [0.1, 0.15) is 31.2 Å². The molecule has 3 aromatic rings. The van der Waals surface area contributed by atoms with Crippen molar-refractivity contribution < 1.29 is 26.4 Å². The van der Waals surface area contributed by atoms with Gasteiger partial charge in [-0.25, -0.2) is 13.1 Å². The predicted molar refractivity (Wildman–Crippen MR) is 105 cm³/mol. The molecule has 1 heterocycles. The Balaban J connectivity index is 1.61. The van der Waals surface area contributed by atoms with Gasteiger partial charge in [0.15, 0.2) is 0 Å². The first kappa shape index (κ1) is 21.2. The summed E-state index contributed by atoms with van der Waals surface area (Å²) in [7, 11) is -3.75. The van der Waals surface area contributed by atoms with E-state index in [4.69, 9.17) is 0 Å². The van der Waals surface area contributed by atoms with Gasteiger partial charge in [0, 0.05) is 17.0 Å². The minimum Gasteiger partial charge on any atom is -0.288 e. The monoisotopic (exact) mass is 439 g/mol. The molecule has 0 bridgehead atoms. The van der Waals surface area contributed by atoms with Gasteiger partial charge in [-0.05, 0) is 29.8 Å². The summed E-state index contributed by atoms with van der Waals surface area (Å²) in [5.41, 5.74) is -0.0405. The molecule has 9 heteroatoms. The maximum absolute atomic E-state index is 12.6. The van der Waals surface area contributed by atoms with Crippen molar-refractivity contribution in [2.45, 2.75) is 18.5 Å². The van der Waals surface area contributed by atoms with Crippen molar-refractivity contribution in [3.63, 3.8) is 0 Å². The van der Waals surface area contributed by atoms with Crippen LogP contribution in [0.4, 0.5) is 13.2 Å². The first-order valence-corrected chi connectivity index (χ1v) is 10.9. The molecule has 0 aliphatic heterocycles. The molecule has 0 fully saturated rings. The average Bonchev–Trinajstić information content (AvgIpc) is 3.15. The zero-order valence-corrected chi connectivity index (χ0v) is 16.6. The molecule has 152 valence electrons. The van der Waals surface area contributed by atoms with Gasteiger partial charge in [0.25, 0.3) is 0 Å². The Bertz CT molecular complexity index is 1090. The summed E-state index contributed by atoms with van der Waals surface area (Å²) in [4.78, 5) is 13.5. The van der Waals surface area contributed by atoms with E-state index in [-0.39, 0.29) is 17.9 Å². The summed E-state index contributed by atoms with van der Waals surface area (Å²) in [5, 5.41) is 0. The van der Waals surface area contributed by atoms with Crippen LogP contribution in [0.15, 0.2) is 66.7 Å². The fourth-order valence-corrected chi connectivity index (χ4v) is 4.68. The number of sulfonamides is 1. The van der Waals surface area contributed by atoms with Crippen molar-refractivity contribution in [2.24, 2.45) is 0 Å². The van der Waals surface area contributed by atoms with Crippen LogP contribution >= 0.6 is 11.3 Å². The molecule has 1 aromatic heterocycles. The van der Waals surface area contributed by atoms with E-state index in [0.717, 1.165) is 24.3 Å². The highest BCUT2D eigenvalue weighted by atomic mass is 32.2. The summed E-state index contributed by atoms with van der Waals surface area (Å²) < 4.78 is 64.6. The predicted octanol–water partition coefficient (Wildman–Crippen LogP) is 4.62. The van der Waals surface area contributed by atoms with Crippen LogP contribution in [0.25, 0.3) is 0 Å². The molecular weight excluding hydrogens is 423 g/mol. The Hall–Kier alpha value is -2.49. The number of alkyl halides is 3. The summed E-state index contributed by atoms with van der Waals surface area (Å²) in [6.45, 7) is -0.00426. The van der Waals surface area contributed by atoms with Gasteiger partial charge in [-0.2, -0.15) is 13.2 Å². The second-order valence-electron chi connectivity index (χ2n) is 6.24. The fraction of sp³-hybridized carbons (Fsp3) is 0.150. The molecule has 0 atom stereocenters. The van der Waals surface area contributed by atoms with E-state index in [2.05, 4.69) is 4.72 Å². The topological polar surface area (TPSA) is 63.2 Å². The highest BCUT2D eigenvalue weighted by Crippen LogP contribution is 2.29. The molecule has 0 amide bonds. The number of halogens is 3. The summed E-state index contributed by atoms with van der Waals surface area (Å²) in [6, 6.07) is 16.0. The number of carbonyl (C=O) groups excluding carboxylic acids is 1. The van der Waals surface area contributed by atoms with E-state index in [1.54, 1.807) is 36.4 Å². The van der Waals surface area contributed by atoms with Gasteiger partial charge in [-0.3, -0.25) is 4.79 Å². The normalized spacial score (nSPS) is 12.1. The molecule has 0 aliphatic carbocycles. The highest BCUT2D eigenvalue weighted by Gasteiger charge is 2.30. The Kier molecular flexibility index (Phi) is 6.21. The van der Waals surface area contributed by atoms with E-state index >= 15 is 0 Å². The maximum Gasteiger partial charge on any atom is 0.416 e. The quantitative estimate of drug-likeness (QED) is 0.547. The van der Waals surface area contributed by atoms with E-state index in [1.165, 1.54) is 11.3 Å². The van der Waals surface area contributed by atoms with Crippen molar-refractivity contribution in [3.8, 4) is 0 Å². The first-order chi connectivity index (χ1) is 13.6. The fourth-order valence-electron chi connectivity index (χ4n) is 2.57. The molecule has 2 aromatic carbocycles. The Morgan fingerprint density at radius 3 is 2.21 bits per heavy atom. The van der Waals surface area contributed by atoms with Gasteiger partial charge in [-0.1, -0.05) is 42.5 Å². The molecule has 0 spiro atoms. The number of nitrogens with one attached hydrogen (secondary N) is 1. The van der Waals surface area contributed by atoms with Crippen LogP contribution in [0.2, 0.25) is 0 Å². The Morgan fingerprint density at radius 1 is 0.931 bits per heavy atom. The van der Waals surface area contributed by atoms with E-state index in [9.17, 15) is 26.4 Å². The number of benzene rings is 2. The number of carbonyl (C=O) groups is 1. The minimum absolute atomic E-state index is 0.00426. The molecule has 4 nitrogen and oxygen atoms in total. The molecule has 0 saturated heterocycles. The van der Waals surface area contributed by atoms with Gasteiger partial charge in [0.05, 0.1) is 16.2 Å². The van der Waals surface area contributed by atoms with Gasteiger partial charge in [0.2, 0.25) is 15.8 Å². The molecule has 0 saturated carbocycles. The van der Waals surface area contributed by atoms with E-state index in [0.29, 0.717) is 15.3 Å². The lowest BCUT2D eigenvalue weighted by molar-refractivity contribution is -0.137. The van der Waals surface area contributed by atoms with Gasteiger partial charge in [-0.15, -0.1) is 11.3 Å². The van der Waals surface area contributed by atoms with Crippen molar-refractivity contribution in [3.05, 3.63) is 93.2 Å². The number of rotatable bonds is 7.